The Morgan fingerprint density at radius 3 is 2.48 bits per heavy atom. The maximum atomic E-state index is 13.0. The fraction of sp³-hybridized carbons (Fsp3) is 0.167. The second-order valence-electron chi connectivity index (χ2n) is 7.65. The zero-order chi connectivity index (χ0) is 23.3. The van der Waals surface area contributed by atoms with Crippen LogP contribution >= 0.6 is 0 Å². The summed E-state index contributed by atoms with van der Waals surface area (Å²) < 4.78 is 15.5. The third-order valence-corrected chi connectivity index (χ3v) is 5.82. The van der Waals surface area contributed by atoms with E-state index in [-0.39, 0.29) is 29.1 Å². The molecule has 0 saturated carbocycles. The van der Waals surface area contributed by atoms with Gasteiger partial charge in [-0.15, -0.1) is 0 Å². The molecule has 1 aliphatic heterocycles. The van der Waals surface area contributed by atoms with Gasteiger partial charge in [-0.3, -0.25) is 19.2 Å². The summed E-state index contributed by atoms with van der Waals surface area (Å²) in [6.45, 7) is 0.0461. The first-order valence-corrected chi connectivity index (χ1v) is 10.0. The number of aliphatic hydroxyl groups excluding tert-OH is 1. The van der Waals surface area contributed by atoms with Gasteiger partial charge in [-0.05, 0) is 12.1 Å². The molecular formula is C24H17NO8. The number of nitrogens with one attached hydrogen (secondary N) is 1. The van der Waals surface area contributed by atoms with E-state index < -0.39 is 41.2 Å². The average molecular weight is 447 g/mol. The van der Waals surface area contributed by atoms with Crippen LogP contribution in [0.25, 0.3) is 16.7 Å². The second kappa shape index (κ2) is 7.63. The normalized spacial score (nSPS) is 15.5. The number of carbonyl (C=O) groups excluding carboxylic acids is 3. The number of carbonyl (C=O) groups is 3. The van der Waals surface area contributed by atoms with Gasteiger partial charge in [0.2, 0.25) is 18.4 Å². The first kappa shape index (κ1) is 20.5. The van der Waals surface area contributed by atoms with Crippen LogP contribution in [0.2, 0.25) is 0 Å². The molecule has 2 aromatic carbocycles. The van der Waals surface area contributed by atoms with Crippen molar-refractivity contribution in [3.63, 3.8) is 0 Å². The maximum absolute atomic E-state index is 13.0. The number of Topliss-reactive ketones (excluding diaryl/α,β-unsaturated/α-hetero) is 2. The van der Waals surface area contributed by atoms with Crippen molar-refractivity contribution in [2.45, 2.75) is 12.3 Å². The number of hydrogen-bond acceptors (Lipinski definition) is 8. The van der Waals surface area contributed by atoms with Crippen molar-refractivity contribution in [2.75, 3.05) is 13.9 Å². The van der Waals surface area contributed by atoms with Crippen molar-refractivity contribution in [1.29, 1.82) is 0 Å². The summed E-state index contributed by atoms with van der Waals surface area (Å²) in [6.07, 6.45) is -0.434. The van der Waals surface area contributed by atoms with Gasteiger partial charge in [0.25, 0.3) is 5.56 Å². The van der Waals surface area contributed by atoms with Crippen LogP contribution < -0.4 is 15.0 Å². The number of allylic oxidation sites excluding steroid dienone is 1. The van der Waals surface area contributed by atoms with Crippen LogP contribution in [0, 0.1) is 0 Å². The zero-order valence-electron chi connectivity index (χ0n) is 17.3. The first-order chi connectivity index (χ1) is 15.9. The second-order valence-corrected chi connectivity index (χ2v) is 7.65. The summed E-state index contributed by atoms with van der Waals surface area (Å²) in [5, 5.41) is 11.5. The van der Waals surface area contributed by atoms with Gasteiger partial charge in [0, 0.05) is 34.1 Å². The van der Waals surface area contributed by atoms with Crippen LogP contribution in [0.15, 0.2) is 52.8 Å². The topological polar surface area (TPSA) is 132 Å². The highest BCUT2D eigenvalue weighted by Crippen LogP contribution is 2.39. The van der Waals surface area contributed by atoms with E-state index in [0.717, 1.165) is 0 Å². The molecule has 0 unspecified atom stereocenters. The Labute approximate surface area is 186 Å². The summed E-state index contributed by atoms with van der Waals surface area (Å²) in [7, 11) is 1.17. The minimum absolute atomic E-state index is 0.0221. The Balaban J connectivity index is 1.73. The van der Waals surface area contributed by atoms with Crippen molar-refractivity contribution in [2.24, 2.45) is 0 Å². The van der Waals surface area contributed by atoms with Gasteiger partial charge in [-0.1, -0.05) is 24.3 Å². The van der Waals surface area contributed by atoms with Gasteiger partial charge in [0.15, 0.2) is 11.5 Å². The lowest BCUT2D eigenvalue weighted by Gasteiger charge is -2.24. The highest BCUT2D eigenvalue weighted by Gasteiger charge is 2.39. The highest BCUT2D eigenvalue weighted by molar-refractivity contribution is 6.52. The van der Waals surface area contributed by atoms with E-state index in [1.807, 2.05) is 0 Å². The smallest absolute Gasteiger partial charge is 0.306 e. The summed E-state index contributed by atoms with van der Waals surface area (Å²) in [4.78, 5) is 53.8. The predicted molar refractivity (Wildman–Crippen MR) is 115 cm³/mol. The minimum Gasteiger partial charge on any atom is -0.507 e. The number of aliphatic hydroxyl groups is 1. The molecule has 2 heterocycles. The molecule has 9 nitrogen and oxygen atoms in total. The number of ether oxygens (including phenoxy) is 3. The van der Waals surface area contributed by atoms with E-state index in [2.05, 4.69) is 4.98 Å². The van der Waals surface area contributed by atoms with Gasteiger partial charge in [0.1, 0.15) is 5.76 Å². The lowest BCUT2D eigenvalue weighted by molar-refractivity contribution is -0.140. The molecule has 5 rings (SSSR count). The predicted octanol–water partition coefficient (Wildman–Crippen LogP) is 2.64. The van der Waals surface area contributed by atoms with E-state index in [4.69, 9.17) is 14.2 Å². The fourth-order valence-corrected chi connectivity index (χ4v) is 4.20. The summed E-state index contributed by atoms with van der Waals surface area (Å²) in [5.74, 6) is -3.24. The van der Waals surface area contributed by atoms with E-state index in [9.17, 15) is 24.3 Å². The van der Waals surface area contributed by atoms with Crippen molar-refractivity contribution in [1.82, 2.24) is 4.98 Å². The van der Waals surface area contributed by atoms with Crippen LogP contribution in [-0.4, -0.2) is 41.5 Å². The molecule has 166 valence electrons. The Morgan fingerprint density at radius 2 is 1.76 bits per heavy atom. The first-order valence-electron chi connectivity index (χ1n) is 10.0. The molecular weight excluding hydrogens is 430 g/mol. The molecule has 0 bridgehead atoms. The average Bonchev–Trinajstić information content (AvgIpc) is 3.27. The molecule has 2 N–H and O–H groups in total. The molecule has 0 radical (unpaired) electrons. The Bertz CT molecular complexity index is 1450. The number of H-pyrrole nitrogens is 1. The standard InChI is InChI=1S/C24H17NO8/c1-31-19(26)8-14(20-21(27)12-4-2-3-5-13(12)22(28)23(20)29)15-6-11-7-17-18(33-10-32-17)9-16(11)25-24(15)30/h2-7,9,14,27H,8,10H2,1H3,(H,25,30)/t14-/m1/s1. The Hall–Kier alpha value is -4.40. The molecule has 1 aliphatic carbocycles. The number of fused-ring (bicyclic) bond motifs is 3. The van der Waals surface area contributed by atoms with Crippen LogP contribution in [0.1, 0.15) is 33.8 Å². The maximum Gasteiger partial charge on any atom is 0.306 e. The van der Waals surface area contributed by atoms with E-state index in [1.165, 1.54) is 25.3 Å². The van der Waals surface area contributed by atoms with Crippen LogP contribution in [0.3, 0.4) is 0 Å². The number of methoxy groups -OCH3 is 1. The number of rotatable bonds is 4. The Morgan fingerprint density at radius 1 is 1.06 bits per heavy atom. The Kier molecular flexibility index (Phi) is 4.74. The van der Waals surface area contributed by atoms with Crippen LogP contribution in [-0.2, 0) is 14.3 Å². The van der Waals surface area contributed by atoms with Crippen molar-refractivity contribution < 1.29 is 33.7 Å². The molecule has 2 aliphatic rings. The quantitative estimate of drug-likeness (QED) is 0.461. The molecule has 9 heteroatoms. The summed E-state index contributed by atoms with van der Waals surface area (Å²) >= 11 is 0. The molecule has 0 spiro atoms. The number of ketones is 2. The van der Waals surface area contributed by atoms with Gasteiger partial charge in [0.05, 0.1) is 24.6 Å². The van der Waals surface area contributed by atoms with E-state index >= 15 is 0 Å². The van der Waals surface area contributed by atoms with E-state index in [1.54, 1.807) is 24.3 Å². The van der Waals surface area contributed by atoms with E-state index in [0.29, 0.717) is 22.4 Å². The molecule has 1 aromatic heterocycles. The number of aromatic amines is 1. The van der Waals surface area contributed by atoms with Gasteiger partial charge >= 0.3 is 5.97 Å². The largest absolute Gasteiger partial charge is 0.507 e. The highest BCUT2D eigenvalue weighted by atomic mass is 16.7. The van der Waals surface area contributed by atoms with Crippen molar-refractivity contribution in [3.05, 3.63) is 75.1 Å². The molecule has 0 saturated heterocycles. The van der Waals surface area contributed by atoms with Crippen molar-refractivity contribution in [3.8, 4) is 11.5 Å². The van der Waals surface area contributed by atoms with Gasteiger partial charge in [-0.25, -0.2) is 0 Å². The number of esters is 1. The molecule has 33 heavy (non-hydrogen) atoms. The SMILES string of the molecule is COC(=O)C[C@@H](C1=C(O)c2ccccc2C(=O)C1=O)c1cc2cc3c(cc2[nH]c1=O)OCO3. The summed E-state index contributed by atoms with van der Waals surface area (Å²) in [6, 6.07) is 10.9. The zero-order valence-corrected chi connectivity index (χ0v) is 17.3. The monoisotopic (exact) mass is 447 g/mol. The molecule has 1 atom stereocenters. The number of aromatic nitrogens is 1. The summed E-state index contributed by atoms with van der Waals surface area (Å²) in [5.41, 5.74) is -0.217. The van der Waals surface area contributed by atoms with Crippen LogP contribution in [0.5, 0.6) is 11.5 Å². The lowest BCUT2D eigenvalue weighted by Crippen LogP contribution is -2.30. The minimum atomic E-state index is -1.22. The third kappa shape index (κ3) is 3.25. The number of pyridine rings is 1. The van der Waals surface area contributed by atoms with Gasteiger partial charge in [-0.2, -0.15) is 0 Å². The van der Waals surface area contributed by atoms with Crippen molar-refractivity contribution >= 4 is 34.2 Å². The van der Waals surface area contributed by atoms with Gasteiger partial charge < -0.3 is 24.3 Å². The lowest BCUT2D eigenvalue weighted by atomic mass is 9.78. The number of benzene rings is 2. The molecule has 3 aromatic rings. The fourth-order valence-electron chi connectivity index (χ4n) is 4.20. The van der Waals surface area contributed by atoms with Crippen LogP contribution in [0.4, 0.5) is 0 Å². The third-order valence-electron chi connectivity index (χ3n) is 5.82. The molecule has 0 fully saturated rings. The number of hydrogen-bond donors (Lipinski definition) is 2. The molecule has 0 amide bonds.